The molecule has 0 aromatic heterocycles. The van der Waals surface area contributed by atoms with Crippen LogP contribution in [0, 0.1) is 11.3 Å². The second kappa shape index (κ2) is 10.8. The molecule has 0 aliphatic heterocycles. The van der Waals surface area contributed by atoms with Crippen LogP contribution >= 0.6 is 0 Å². The number of allylic oxidation sites excluding steroid dienone is 1. The van der Waals surface area contributed by atoms with E-state index in [-0.39, 0.29) is 11.3 Å². The molecule has 0 atom stereocenters. The standard InChI is InChI=1S/C19H34O2/c1-6-16(7-2)18(21)14-12-11-13-17(20)15-19(8-3,9-4)10-5/h8,16H,3,6-7,9-15H2,1-2,4-5H3. The molecule has 0 aliphatic rings. The maximum atomic E-state index is 12.1. The summed E-state index contributed by atoms with van der Waals surface area (Å²) in [5.41, 5.74) is -0.0254. The van der Waals surface area contributed by atoms with Crippen LogP contribution in [0.4, 0.5) is 0 Å². The molecule has 0 saturated heterocycles. The molecule has 0 N–H and O–H groups in total. The number of Topliss-reactive ketones (excluding diaryl/α,β-unsaturated/α-hetero) is 2. The number of ketones is 2. The monoisotopic (exact) mass is 294 g/mol. The Balaban J connectivity index is 4.05. The summed E-state index contributed by atoms with van der Waals surface area (Å²) in [5.74, 6) is 0.901. The predicted molar refractivity (Wildman–Crippen MR) is 90.4 cm³/mol. The molecule has 0 aromatic carbocycles. The summed E-state index contributed by atoms with van der Waals surface area (Å²) in [6.07, 6.45) is 9.26. The van der Waals surface area contributed by atoms with Crippen molar-refractivity contribution >= 4 is 11.6 Å². The Morgan fingerprint density at radius 3 is 1.95 bits per heavy atom. The molecule has 0 rings (SSSR count). The second-order valence-corrected chi connectivity index (χ2v) is 6.18. The molecule has 0 heterocycles. The van der Waals surface area contributed by atoms with E-state index in [1.165, 1.54) is 0 Å². The lowest BCUT2D eigenvalue weighted by Crippen LogP contribution is -2.20. The molecule has 0 spiro atoms. The summed E-state index contributed by atoms with van der Waals surface area (Å²) in [6.45, 7) is 12.3. The van der Waals surface area contributed by atoms with E-state index in [9.17, 15) is 9.59 Å². The van der Waals surface area contributed by atoms with Crippen molar-refractivity contribution in [3.63, 3.8) is 0 Å². The van der Waals surface area contributed by atoms with Gasteiger partial charge in [-0.3, -0.25) is 9.59 Å². The topological polar surface area (TPSA) is 34.1 Å². The van der Waals surface area contributed by atoms with Gasteiger partial charge in [0.25, 0.3) is 0 Å². The lowest BCUT2D eigenvalue weighted by molar-refractivity contribution is -0.124. The van der Waals surface area contributed by atoms with Gasteiger partial charge in [-0.1, -0.05) is 33.8 Å². The van der Waals surface area contributed by atoms with Gasteiger partial charge in [-0.05, 0) is 43.9 Å². The van der Waals surface area contributed by atoms with E-state index >= 15 is 0 Å². The maximum Gasteiger partial charge on any atom is 0.135 e. The van der Waals surface area contributed by atoms with Crippen molar-refractivity contribution in [3.05, 3.63) is 12.7 Å². The van der Waals surface area contributed by atoms with Gasteiger partial charge in [-0.25, -0.2) is 0 Å². The van der Waals surface area contributed by atoms with E-state index in [4.69, 9.17) is 0 Å². The Morgan fingerprint density at radius 2 is 1.52 bits per heavy atom. The fourth-order valence-corrected chi connectivity index (χ4v) is 2.91. The van der Waals surface area contributed by atoms with Crippen LogP contribution in [0.25, 0.3) is 0 Å². The van der Waals surface area contributed by atoms with E-state index in [2.05, 4.69) is 34.3 Å². The van der Waals surface area contributed by atoms with Gasteiger partial charge in [0.05, 0.1) is 0 Å². The summed E-state index contributed by atoms with van der Waals surface area (Å²) in [7, 11) is 0. The third kappa shape index (κ3) is 7.06. The molecule has 0 saturated carbocycles. The minimum Gasteiger partial charge on any atom is -0.300 e. The minimum atomic E-state index is -0.0254. The van der Waals surface area contributed by atoms with Crippen LogP contribution in [0.5, 0.6) is 0 Å². The molecule has 0 amide bonds. The summed E-state index contributed by atoms with van der Waals surface area (Å²) in [4.78, 5) is 24.0. The molecule has 0 fully saturated rings. The normalized spacial score (nSPS) is 11.7. The fraction of sp³-hybridized carbons (Fsp3) is 0.789. The lowest BCUT2D eigenvalue weighted by Gasteiger charge is -2.26. The summed E-state index contributed by atoms with van der Waals surface area (Å²) in [6, 6.07) is 0. The molecular weight excluding hydrogens is 260 g/mol. The maximum absolute atomic E-state index is 12.1. The molecule has 2 nitrogen and oxygen atoms in total. The number of hydrogen-bond donors (Lipinski definition) is 0. The Kier molecular flexibility index (Phi) is 10.3. The molecule has 122 valence electrons. The molecular formula is C19H34O2. The zero-order chi connectivity index (χ0) is 16.3. The van der Waals surface area contributed by atoms with Crippen molar-refractivity contribution in [3.8, 4) is 0 Å². The fourth-order valence-electron chi connectivity index (χ4n) is 2.91. The number of carbonyl (C=O) groups excluding carboxylic acids is 2. The predicted octanol–water partition coefficient (Wildman–Crippen LogP) is 5.50. The van der Waals surface area contributed by atoms with Crippen LogP contribution in [0.1, 0.15) is 85.5 Å². The number of rotatable bonds is 13. The van der Waals surface area contributed by atoms with E-state index < -0.39 is 0 Å². The smallest absolute Gasteiger partial charge is 0.135 e. The van der Waals surface area contributed by atoms with Crippen LogP contribution in [-0.2, 0) is 9.59 Å². The Bertz CT molecular complexity index is 322. The van der Waals surface area contributed by atoms with Gasteiger partial charge in [0, 0.05) is 25.2 Å². The highest BCUT2D eigenvalue weighted by molar-refractivity contribution is 5.81. The zero-order valence-electron chi connectivity index (χ0n) is 14.5. The van der Waals surface area contributed by atoms with Crippen molar-refractivity contribution in [1.82, 2.24) is 0 Å². The van der Waals surface area contributed by atoms with Gasteiger partial charge in [0.15, 0.2) is 0 Å². The van der Waals surface area contributed by atoms with E-state index in [0.29, 0.717) is 30.8 Å². The number of carbonyl (C=O) groups is 2. The molecule has 0 radical (unpaired) electrons. The summed E-state index contributed by atoms with van der Waals surface area (Å²) >= 11 is 0. The zero-order valence-corrected chi connectivity index (χ0v) is 14.5. The van der Waals surface area contributed by atoms with Gasteiger partial charge in [-0.15, -0.1) is 6.58 Å². The van der Waals surface area contributed by atoms with Crippen molar-refractivity contribution in [2.75, 3.05) is 0 Å². The highest BCUT2D eigenvalue weighted by Gasteiger charge is 2.25. The Morgan fingerprint density at radius 1 is 1.00 bits per heavy atom. The van der Waals surface area contributed by atoms with Crippen molar-refractivity contribution in [1.29, 1.82) is 0 Å². The first kappa shape index (κ1) is 20.1. The molecule has 2 heteroatoms. The minimum absolute atomic E-state index is 0.0254. The summed E-state index contributed by atoms with van der Waals surface area (Å²) < 4.78 is 0. The van der Waals surface area contributed by atoms with Crippen LogP contribution in [0.3, 0.4) is 0 Å². The molecule has 0 bridgehead atoms. The molecule has 0 aliphatic carbocycles. The van der Waals surface area contributed by atoms with Gasteiger partial charge in [0.1, 0.15) is 11.6 Å². The Hall–Kier alpha value is -0.920. The second-order valence-electron chi connectivity index (χ2n) is 6.18. The van der Waals surface area contributed by atoms with Crippen LogP contribution in [-0.4, -0.2) is 11.6 Å². The first-order chi connectivity index (χ1) is 9.98. The van der Waals surface area contributed by atoms with Crippen LogP contribution in [0.2, 0.25) is 0 Å². The first-order valence-electron chi connectivity index (χ1n) is 8.66. The van der Waals surface area contributed by atoms with Crippen molar-refractivity contribution in [2.24, 2.45) is 11.3 Å². The van der Waals surface area contributed by atoms with E-state index in [0.717, 1.165) is 38.5 Å². The number of unbranched alkanes of at least 4 members (excludes halogenated alkanes) is 1. The molecule has 0 unspecified atom stereocenters. The Labute approximate surface area is 131 Å². The summed E-state index contributed by atoms with van der Waals surface area (Å²) in [5, 5.41) is 0. The van der Waals surface area contributed by atoms with Gasteiger partial charge in [0.2, 0.25) is 0 Å². The highest BCUT2D eigenvalue weighted by Crippen LogP contribution is 2.32. The van der Waals surface area contributed by atoms with Crippen molar-refractivity contribution in [2.45, 2.75) is 85.5 Å². The average molecular weight is 294 g/mol. The van der Waals surface area contributed by atoms with Crippen LogP contribution < -0.4 is 0 Å². The molecule has 21 heavy (non-hydrogen) atoms. The average Bonchev–Trinajstić information content (AvgIpc) is 2.50. The quantitative estimate of drug-likeness (QED) is 0.332. The van der Waals surface area contributed by atoms with E-state index in [1.807, 2.05) is 6.08 Å². The van der Waals surface area contributed by atoms with Gasteiger partial charge in [-0.2, -0.15) is 0 Å². The molecule has 0 aromatic rings. The largest absolute Gasteiger partial charge is 0.300 e. The van der Waals surface area contributed by atoms with Crippen LogP contribution in [0.15, 0.2) is 12.7 Å². The first-order valence-corrected chi connectivity index (χ1v) is 8.66. The highest BCUT2D eigenvalue weighted by atomic mass is 16.1. The van der Waals surface area contributed by atoms with Gasteiger partial charge < -0.3 is 0 Å². The number of hydrogen-bond acceptors (Lipinski definition) is 2. The van der Waals surface area contributed by atoms with Gasteiger partial charge >= 0.3 is 0 Å². The van der Waals surface area contributed by atoms with E-state index in [1.54, 1.807) is 0 Å². The van der Waals surface area contributed by atoms with Crippen molar-refractivity contribution < 1.29 is 9.59 Å². The lowest BCUT2D eigenvalue weighted by atomic mass is 9.77. The SMILES string of the molecule is C=CC(CC)(CC)CC(=O)CCCCC(=O)C(CC)CC. The third-order valence-electron chi connectivity index (χ3n) is 4.96. The third-order valence-corrected chi connectivity index (χ3v) is 4.96.